The van der Waals surface area contributed by atoms with Crippen molar-refractivity contribution in [3.63, 3.8) is 0 Å². The van der Waals surface area contributed by atoms with Crippen LogP contribution in [0.1, 0.15) is 37.7 Å². The molecule has 2 aromatic rings. The number of hydrogen-bond donors (Lipinski definition) is 1. The van der Waals surface area contributed by atoms with Crippen molar-refractivity contribution in [1.29, 1.82) is 5.26 Å². The summed E-state index contributed by atoms with van der Waals surface area (Å²) in [5, 5.41) is 11.3. The number of hydrogen-bond acceptors (Lipinski definition) is 6. The minimum atomic E-state index is -3.91. The molecule has 2 aliphatic carbocycles. The van der Waals surface area contributed by atoms with Crippen LogP contribution < -0.4 is 5.32 Å². The molecular formula is C24H23ClN4O4S. The number of nitrogens with one attached hydrogen (secondary N) is 1. The van der Waals surface area contributed by atoms with E-state index in [1.165, 1.54) is 17.0 Å². The number of likely N-dealkylation sites (tertiary alicyclic amines) is 1. The average Bonchev–Trinajstić information content (AvgIpc) is 3.76. The molecule has 1 saturated heterocycles. The Labute approximate surface area is 202 Å². The second-order valence-corrected chi connectivity index (χ2v) is 11.9. The number of carbonyl (C=O) groups excluding carboxylic acids is 2. The van der Waals surface area contributed by atoms with Gasteiger partial charge in [-0.3, -0.25) is 14.6 Å². The van der Waals surface area contributed by atoms with Crippen LogP contribution in [0.3, 0.4) is 0 Å². The van der Waals surface area contributed by atoms with Crippen LogP contribution in [-0.2, 0) is 24.8 Å². The number of sulfone groups is 1. The topological polar surface area (TPSA) is 120 Å². The average molecular weight is 499 g/mol. The number of carbonyl (C=O) groups is 2. The van der Waals surface area contributed by atoms with Crippen LogP contribution in [0.15, 0.2) is 53.7 Å². The summed E-state index contributed by atoms with van der Waals surface area (Å²) in [5.41, 5.74) is -0.898. The molecule has 1 aliphatic heterocycles. The summed E-state index contributed by atoms with van der Waals surface area (Å²) in [6, 6.07) is 10.9. The summed E-state index contributed by atoms with van der Waals surface area (Å²) in [6.07, 6.45) is 5.49. The van der Waals surface area contributed by atoms with Crippen LogP contribution in [0.5, 0.6) is 0 Å². The predicted octanol–water partition coefficient (Wildman–Crippen LogP) is 2.38. The zero-order valence-electron chi connectivity index (χ0n) is 18.3. The summed E-state index contributed by atoms with van der Waals surface area (Å²) in [7, 11) is -3.91. The number of nitriles is 1. The van der Waals surface area contributed by atoms with E-state index in [-0.39, 0.29) is 28.8 Å². The van der Waals surface area contributed by atoms with Gasteiger partial charge in [-0.15, -0.1) is 0 Å². The molecule has 0 spiro atoms. The van der Waals surface area contributed by atoms with Crippen molar-refractivity contribution in [2.24, 2.45) is 0 Å². The molecule has 2 amide bonds. The fourth-order valence-electron chi connectivity index (χ4n) is 4.76. The molecule has 2 saturated carbocycles. The number of nitrogens with zero attached hydrogens (tertiary/aromatic N) is 3. The second-order valence-electron chi connectivity index (χ2n) is 9.31. The molecule has 1 aromatic carbocycles. The lowest BCUT2D eigenvalue weighted by molar-refractivity contribution is -0.140. The van der Waals surface area contributed by atoms with Gasteiger partial charge in [0.15, 0.2) is 9.84 Å². The molecule has 2 atom stereocenters. The van der Waals surface area contributed by atoms with Crippen LogP contribution in [0.25, 0.3) is 0 Å². The lowest BCUT2D eigenvalue weighted by Gasteiger charge is -2.29. The number of rotatable bonds is 6. The van der Waals surface area contributed by atoms with E-state index < -0.39 is 38.0 Å². The van der Waals surface area contributed by atoms with Crippen molar-refractivity contribution in [2.75, 3.05) is 6.54 Å². The highest BCUT2D eigenvalue weighted by atomic mass is 35.5. The third-order valence-corrected chi connectivity index (χ3v) is 9.76. The minimum Gasteiger partial charge on any atom is -0.336 e. The van der Waals surface area contributed by atoms with Gasteiger partial charge in [-0.05, 0) is 61.9 Å². The van der Waals surface area contributed by atoms with Gasteiger partial charge in [0.1, 0.15) is 11.6 Å². The van der Waals surface area contributed by atoms with E-state index in [4.69, 9.17) is 11.6 Å². The Hall–Kier alpha value is -2.96. The minimum absolute atomic E-state index is 0.0129. The molecule has 3 fully saturated rings. The fraction of sp³-hybridized carbons (Fsp3) is 0.417. The van der Waals surface area contributed by atoms with Crippen LogP contribution in [0.4, 0.5) is 0 Å². The van der Waals surface area contributed by atoms with Gasteiger partial charge in [-0.1, -0.05) is 23.7 Å². The maximum absolute atomic E-state index is 13.8. The normalized spacial score (nSPS) is 24.2. The van der Waals surface area contributed by atoms with E-state index in [0.717, 1.165) is 5.56 Å². The molecule has 34 heavy (non-hydrogen) atoms. The van der Waals surface area contributed by atoms with Gasteiger partial charge in [-0.25, -0.2) is 8.42 Å². The van der Waals surface area contributed by atoms with E-state index in [2.05, 4.69) is 16.4 Å². The van der Waals surface area contributed by atoms with Crippen molar-refractivity contribution >= 4 is 33.3 Å². The molecule has 176 valence electrons. The molecular weight excluding hydrogens is 476 g/mol. The fourth-order valence-corrected chi connectivity index (χ4v) is 6.97. The standard InChI is InChI=1S/C24H23ClN4O4S/c25-18-3-1-2-4-20(18)34(32,33)17-13-19(21(30)28-23(15-26)7-8-23)29(14-17)22(31)24(9-10-24)16-5-11-27-12-6-16/h1-6,11-12,17,19H,7-10,13-14H2,(H,28,30)/t17-,19+/m1/s1. The van der Waals surface area contributed by atoms with Gasteiger partial charge >= 0.3 is 0 Å². The Morgan fingerprint density at radius 1 is 1.12 bits per heavy atom. The zero-order valence-corrected chi connectivity index (χ0v) is 19.8. The Kier molecular flexibility index (Phi) is 5.41. The van der Waals surface area contributed by atoms with Gasteiger partial charge in [0.2, 0.25) is 11.8 Å². The SMILES string of the molecule is N#CC1(NC(=O)[C@@H]2C[C@@H](S(=O)(=O)c3ccccc3Cl)CN2C(=O)C2(c3ccncc3)CC2)CC1. The van der Waals surface area contributed by atoms with Gasteiger partial charge < -0.3 is 10.2 Å². The van der Waals surface area contributed by atoms with Crippen molar-refractivity contribution in [2.45, 2.75) is 59.2 Å². The first-order valence-corrected chi connectivity index (χ1v) is 13.1. The molecule has 1 aromatic heterocycles. The van der Waals surface area contributed by atoms with E-state index in [1.807, 2.05) is 0 Å². The summed E-state index contributed by atoms with van der Waals surface area (Å²) in [4.78, 5) is 32.5. The summed E-state index contributed by atoms with van der Waals surface area (Å²) in [5.74, 6) is -0.757. The first-order chi connectivity index (χ1) is 16.2. The quantitative estimate of drug-likeness (QED) is 0.652. The lowest BCUT2D eigenvalue weighted by Crippen LogP contribution is -2.51. The Morgan fingerprint density at radius 2 is 1.79 bits per heavy atom. The monoisotopic (exact) mass is 498 g/mol. The molecule has 3 aliphatic rings. The highest BCUT2D eigenvalue weighted by Gasteiger charge is 2.58. The molecule has 1 N–H and O–H groups in total. The Balaban J connectivity index is 1.48. The van der Waals surface area contributed by atoms with Crippen LogP contribution in [0.2, 0.25) is 5.02 Å². The molecule has 0 unspecified atom stereocenters. The third-order valence-electron chi connectivity index (χ3n) is 7.13. The molecule has 0 radical (unpaired) electrons. The number of pyridine rings is 1. The van der Waals surface area contributed by atoms with E-state index >= 15 is 0 Å². The maximum atomic E-state index is 13.8. The van der Waals surface area contributed by atoms with E-state index in [1.54, 1.807) is 36.7 Å². The van der Waals surface area contributed by atoms with Crippen molar-refractivity contribution < 1.29 is 18.0 Å². The first-order valence-electron chi connectivity index (χ1n) is 11.2. The Morgan fingerprint density at radius 3 is 2.38 bits per heavy atom. The lowest BCUT2D eigenvalue weighted by atomic mass is 9.95. The van der Waals surface area contributed by atoms with Gasteiger partial charge in [0.25, 0.3) is 0 Å². The number of benzene rings is 1. The molecule has 2 heterocycles. The zero-order chi connectivity index (χ0) is 24.1. The largest absolute Gasteiger partial charge is 0.336 e. The summed E-state index contributed by atoms with van der Waals surface area (Å²) in [6.45, 7) is -0.114. The smallest absolute Gasteiger partial charge is 0.244 e. The van der Waals surface area contributed by atoms with Gasteiger partial charge in [0.05, 0.1) is 26.7 Å². The number of amides is 2. The molecule has 0 bridgehead atoms. The van der Waals surface area contributed by atoms with Crippen LogP contribution in [0, 0.1) is 11.3 Å². The highest BCUT2D eigenvalue weighted by molar-refractivity contribution is 7.92. The van der Waals surface area contributed by atoms with E-state index in [0.29, 0.717) is 25.7 Å². The highest BCUT2D eigenvalue weighted by Crippen LogP contribution is 2.50. The Bertz CT molecular complexity index is 1300. The van der Waals surface area contributed by atoms with E-state index in [9.17, 15) is 23.3 Å². The molecule has 10 heteroatoms. The summed E-state index contributed by atoms with van der Waals surface area (Å²) < 4.78 is 26.9. The molecule has 5 rings (SSSR count). The van der Waals surface area contributed by atoms with Crippen molar-refractivity contribution in [3.8, 4) is 6.07 Å². The van der Waals surface area contributed by atoms with Crippen molar-refractivity contribution in [1.82, 2.24) is 15.2 Å². The van der Waals surface area contributed by atoms with Crippen molar-refractivity contribution in [3.05, 3.63) is 59.4 Å². The van der Waals surface area contributed by atoms with Gasteiger partial charge in [0, 0.05) is 18.9 Å². The molecule has 8 nitrogen and oxygen atoms in total. The van der Waals surface area contributed by atoms with Gasteiger partial charge in [-0.2, -0.15) is 5.26 Å². The number of aromatic nitrogens is 1. The predicted molar refractivity (Wildman–Crippen MR) is 123 cm³/mol. The second kappa shape index (κ2) is 8.07. The first kappa shape index (κ1) is 22.8. The van der Waals surface area contributed by atoms with Crippen LogP contribution in [-0.4, -0.2) is 53.5 Å². The van der Waals surface area contributed by atoms with Crippen LogP contribution >= 0.6 is 11.6 Å². The summed E-state index contributed by atoms with van der Waals surface area (Å²) >= 11 is 6.18. The third kappa shape index (κ3) is 3.75. The number of halogens is 1. The maximum Gasteiger partial charge on any atom is 0.244 e.